The number of hydrogen-bond acceptors (Lipinski definition) is 6. The first kappa shape index (κ1) is 21.6. The van der Waals surface area contributed by atoms with Crippen molar-refractivity contribution in [2.75, 3.05) is 10.6 Å². The summed E-state index contributed by atoms with van der Waals surface area (Å²) in [5.41, 5.74) is 1.63. The lowest BCUT2D eigenvalue weighted by molar-refractivity contribution is -0.274. The van der Waals surface area contributed by atoms with Crippen LogP contribution in [0.25, 0.3) is 11.3 Å². The van der Waals surface area contributed by atoms with E-state index in [0.29, 0.717) is 23.1 Å². The van der Waals surface area contributed by atoms with Gasteiger partial charge in [-0.2, -0.15) is 4.98 Å². The van der Waals surface area contributed by atoms with E-state index in [2.05, 4.69) is 30.3 Å². The Bertz CT molecular complexity index is 1020. The van der Waals surface area contributed by atoms with Gasteiger partial charge in [0.05, 0.1) is 10.7 Å². The maximum atomic E-state index is 12.4. The molecule has 3 rings (SSSR count). The highest BCUT2D eigenvalue weighted by atomic mass is 35.5. The van der Waals surface area contributed by atoms with E-state index in [4.69, 9.17) is 11.6 Å². The number of ether oxygens (including phenoxy) is 1. The summed E-state index contributed by atoms with van der Waals surface area (Å²) < 4.78 is 41.2. The van der Waals surface area contributed by atoms with Crippen molar-refractivity contribution in [2.45, 2.75) is 32.7 Å². The third-order valence-corrected chi connectivity index (χ3v) is 3.91. The summed E-state index contributed by atoms with van der Waals surface area (Å²) in [5, 5.41) is 6.07. The molecule has 0 bridgehead atoms. The summed E-state index contributed by atoms with van der Waals surface area (Å²) >= 11 is 5.93. The van der Waals surface area contributed by atoms with E-state index in [-0.39, 0.29) is 10.6 Å². The summed E-state index contributed by atoms with van der Waals surface area (Å²) in [5.74, 6) is 0.344. The minimum atomic E-state index is -4.82. The van der Waals surface area contributed by atoms with Crippen LogP contribution in [-0.4, -0.2) is 26.9 Å². The molecule has 3 aromatic rings. The molecule has 0 saturated heterocycles. The SMILES string of the molecule is CC(C)(C)Nc1nc(Nc2ccc(OC(F)(F)F)c(Cl)c2)cc(-c2ccncc2)n1. The molecule has 0 spiro atoms. The van der Waals surface area contributed by atoms with Crippen LogP contribution in [0.15, 0.2) is 48.8 Å². The molecule has 0 aliphatic carbocycles. The Balaban J connectivity index is 1.93. The van der Waals surface area contributed by atoms with Crippen LogP contribution in [0.4, 0.5) is 30.6 Å². The third kappa shape index (κ3) is 6.21. The molecule has 1 aromatic carbocycles. The zero-order chi connectivity index (χ0) is 21.9. The van der Waals surface area contributed by atoms with Crippen molar-refractivity contribution in [3.05, 3.63) is 53.8 Å². The average molecular weight is 438 g/mol. The lowest BCUT2D eigenvalue weighted by Gasteiger charge is -2.21. The molecule has 0 unspecified atom stereocenters. The van der Waals surface area contributed by atoms with Gasteiger partial charge in [-0.25, -0.2) is 4.98 Å². The first-order valence-corrected chi connectivity index (χ1v) is 9.26. The lowest BCUT2D eigenvalue weighted by atomic mass is 10.1. The van der Waals surface area contributed by atoms with Gasteiger partial charge in [0.25, 0.3) is 0 Å². The molecular formula is C20H19ClF3N5O. The van der Waals surface area contributed by atoms with E-state index < -0.39 is 12.1 Å². The predicted molar refractivity (Wildman–Crippen MR) is 110 cm³/mol. The highest BCUT2D eigenvalue weighted by Crippen LogP contribution is 2.33. The quantitative estimate of drug-likeness (QED) is 0.506. The van der Waals surface area contributed by atoms with Crippen molar-refractivity contribution in [2.24, 2.45) is 0 Å². The minimum Gasteiger partial charge on any atom is -0.404 e. The van der Waals surface area contributed by atoms with Gasteiger partial charge in [0, 0.05) is 35.2 Å². The number of halogens is 4. The Morgan fingerprint density at radius 3 is 2.27 bits per heavy atom. The van der Waals surface area contributed by atoms with Crippen LogP contribution in [0.1, 0.15) is 20.8 Å². The van der Waals surface area contributed by atoms with Crippen LogP contribution in [-0.2, 0) is 0 Å². The predicted octanol–water partition coefficient (Wildman–Crippen LogP) is 6.04. The van der Waals surface area contributed by atoms with Gasteiger partial charge in [-0.3, -0.25) is 4.98 Å². The highest BCUT2D eigenvalue weighted by Gasteiger charge is 2.32. The van der Waals surface area contributed by atoms with E-state index in [1.807, 2.05) is 32.9 Å². The normalized spacial score (nSPS) is 11.8. The summed E-state index contributed by atoms with van der Waals surface area (Å²) in [6, 6.07) is 9.22. The molecule has 2 aromatic heterocycles. The molecule has 158 valence electrons. The maximum Gasteiger partial charge on any atom is 0.573 e. The number of anilines is 3. The first-order valence-electron chi connectivity index (χ1n) is 8.88. The number of aromatic nitrogens is 3. The molecule has 10 heteroatoms. The topological polar surface area (TPSA) is 72.0 Å². The Hall–Kier alpha value is -3.07. The largest absolute Gasteiger partial charge is 0.573 e. The maximum absolute atomic E-state index is 12.4. The summed E-state index contributed by atoms with van der Waals surface area (Å²) in [7, 11) is 0. The second-order valence-corrected chi connectivity index (χ2v) is 7.80. The van der Waals surface area contributed by atoms with E-state index in [1.54, 1.807) is 18.5 Å². The van der Waals surface area contributed by atoms with Crippen molar-refractivity contribution in [3.8, 4) is 17.0 Å². The smallest absolute Gasteiger partial charge is 0.404 e. The summed E-state index contributed by atoms with van der Waals surface area (Å²) in [6.45, 7) is 5.92. The summed E-state index contributed by atoms with van der Waals surface area (Å²) in [4.78, 5) is 13.0. The van der Waals surface area contributed by atoms with E-state index in [1.165, 1.54) is 12.1 Å². The van der Waals surface area contributed by atoms with Gasteiger partial charge in [-0.05, 0) is 51.1 Å². The fraction of sp³-hybridized carbons (Fsp3) is 0.250. The molecule has 2 heterocycles. The number of pyridine rings is 1. The van der Waals surface area contributed by atoms with Crippen molar-refractivity contribution in [1.29, 1.82) is 0 Å². The minimum absolute atomic E-state index is 0.186. The average Bonchev–Trinajstić information content (AvgIpc) is 2.62. The fourth-order valence-corrected chi connectivity index (χ4v) is 2.73. The van der Waals surface area contributed by atoms with Crippen molar-refractivity contribution < 1.29 is 17.9 Å². The van der Waals surface area contributed by atoms with Crippen molar-refractivity contribution in [3.63, 3.8) is 0 Å². The molecule has 2 N–H and O–H groups in total. The van der Waals surface area contributed by atoms with E-state index in [9.17, 15) is 13.2 Å². The van der Waals surface area contributed by atoms with Crippen LogP contribution >= 0.6 is 11.6 Å². The first-order chi connectivity index (χ1) is 14.0. The lowest BCUT2D eigenvalue weighted by Crippen LogP contribution is -2.27. The molecule has 0 saturated carbocycles. The van der Waals surface area contributed by atoms with Gasteiger partial charge < -0.3 is 15.4 Å². The number of nitrogens with one attached hydrogen (secondary N) is 2. The Labute approximate surface area is 176 Å². The van der Waals surface area contributed by atoms with Crippen LogP contribution in [0.3, 0.4) is 0 Å². The number of rotatable bonds is 5. The number of hydrogen-bond donors (Lipinski definition) is 2. The van der Waals surface area contributed by atoms with Gasteiger partial charge in [-0.1, -0.05) is 11.6 Å². The monoisotopic (exact) mass is 437 g/mol. The van der Waals surface area contributed by atoms with Crippen LogP contribution in [0.5, 0.6) is 5.75 Å². The molecule has 0 amide bonds. The van der Waals surface area contributed by atoms with Crippen LogP contribution in [0, 0.1) is 0 Å². The Morgan fingerprint density at radius 2 is 1.67 bits per heavy atom. The third-order valence-electron chi connectivity index (χ3n) is 3.62. The zero-order valence-corrected chi connectivity index (χ0v) is 17.1. The van der Waals surface area contributed by atoms with Gasteiger partial charge in [0.15, 0.2) is 0 Å². The van der Waals surface area contributed by atoms with E-state index in [0.717, 1.165) is 11.6 Å². The summed E-state index contributed by atoms with van der Waals surface area (Å²) in [6.07, 6.45) is -1.51. The molecule has 0 aliphatic rings. The molecular weight excluding hydrogens is 419 g/mol. The fourth-order valence-electron chi connectivity index (χ4n) is 2.51. The number of nitrogens with zero attached hydrogens (tertiary/aromatic N) is 3. The van der Waals surface area contributed by atoms with Crippen molar-refractivity contribution >= 4 is 29.1 Å². The highest BCUT2D eigenvalue weighted by molar-refractivity contribution is 6.32. The van der Waals surface area contributed by atoms with Gasteiger partial charge in [-0.15, -0.1) is 13.2 Å². The number of alkyl halides is 3. The standard InChI is InChI=1S/C20H19ClF3N5O/c1-19(2,3)29-18-27-15(12-6-8-25-9-7-12)11-17(28-18)26-13-4-5-16(14(21)10-13)30-20(22,23)24/h4-11H,1-3H3,(H2,26,27,28,29). The molecule has 0 fully saturated rings. The Morgan fingerprint density at radius 1 is 0.967 bits per heavy atom. The van der Waals surface area contributed by atoms with Crippen LogP contribution < -0.4 is 15.4 Å². The van der Waals surface area contributed by atoms with Crippen molar-refractivity contribution in [1.82, 2.24) is 15.0 Å². The van der Waals surface area contributed by atoms with Gasteiger partial charge >= 0.3 is 6.36 Å². The molecule has 0 atom stereocenters. The van der Waals surface area contributed by atoms with E-state index >= 15 is 0 Å². The number of benzene rings is 1. The molecule has 30 heavy (non-hydrogen) atoms. The Kier molecular flexibility index (Phi) is 6.02. The second kappa shape index (κ2) is 8.35. The van der Waals surface area contributed by atoms with Gasteiger partial charge in [0.2, 0.25) is 5.95 Å². The van der Waals surface area contributed by atoms with Crippen LogP contribution in [0.2, 0.25) is 5.02 Å². The zero-order valence-electron chi connectivity index (χ0n) is 16.4. The molecule has 0 aliphatic heterocycles. The molecule has 6 nitrogen and oxygen atoms in total. The van der Waals surface area contributed by atoms with Gasteiger partial charge in [0.1, 0.15) is 11.6 Å². The second-order valence-electron chi connectivity index (χ2n) is 7.39. The molecule has 0 radical (unpaired) electrons.